The molecule has 172 valence electrons. The minimum absolute atomic E-state index is 0.0657. The van der Waals surface area contributed by atoms with Gasteiger partial charge in [0.05, 0.1) is 13.2 Å². The summed E-state index contributed by atoms with van der Waals surface area (Å²) in [6, 6.07) is 0. The van der Waals surface area contributed by atoms with Gasteiger partial charge in [-0.25, -0.2) is 0 Å². The molecular weight excluding hydrogens is 404 g/mol. The van der Waals surface area contributed by atoms with Crippen LogP contribution in [0.1, 0.15) is 55.4 Å². The second kappa shape index (κ2) is 7.65. The summed E-state index contributed by atoms with van der Waals surface area (Å²) in [7, 11) is -3.98. The third kappa shape index (κ3) is 5.17. The smallest absolute Gasteiger partial charge is 0.223 e. The Bertz CT molecular complexity index is 593. The molecule has 29 heavy (non-hydrogen) atoms. The lowest BCUT2D eigenvalue weighted by Gasteiger charge is -2.39. The molecular formula is C21H44O6Si2. The van der Waals surface area contributed by atoms with E-state index in [1.807, 2.05) is 13.8 Å². The molecule has 0 aromatic rings. The Hall–Kier alpha value is 0.194. The van der Waals surface area contributed by atoms with E-state index in [0.29, 0.717) is 6.61 Å². The Labute approximate surface area is 179 Å². The number of ether oxygens (including phenoxy) is 3. The van der Waals surface area contributed by atoms with E-state index in [0.717, 1.165) is 0 Å². The van der Waals surface area contributed by atoms with Gasteiger partial charge in [-0.3, -0.25) is 0 Å². The molecule has 0 radical (unpaired) electrons. The van der Waals surface area contributed by atoms with Gasteiger partial charge in [-0.1, -0.05) is 41.5 Å². The van der Waals surface area contributed by atoms with Crippen molar-refractivity contribution in [3.05, 3.63) is 0 Å². The highest BCUT2D eigenvalue weighted by Crippen LogP contribution is 2.47. The Morgan fingerprint density at radius 2 is 1.34 bits per heavy atom. The zero-order valence-corrected chi connectivity index (χ0v) is 22.6. The summed E-state index contributed by atoms with van der Waals surface area (Å²) < 4.78 is 31.4. The number of hydrogen-bond acceptors (Lipinski definition) is 6. The van der Waals surface area contributed by atoms with E-state index in [2.05, 4.69) is 67.7 Å². The molecule has 2 aliphatic rings. The molecule has 4 atom stereocenters. The highest BCUT2D eigenvalue weighted by Gasteiger charge is 2.65. The van der Waals surface area contributed by atoms with Crippen molar-refractivity contribution in [2.24, 2.45) is 0 Å². The first-order chi connectivity index (χ1) is 12.7. The van der Waals surface area contributed by atoms with Gasteiger partial charge in [0.15, 0.2) is 22.4 Å². The fraction of sp³-hybridized carbons (Fsp3) is 1.00. The zero-order chi connectivity index (χ0) is 22.7. The number of aliphatic hydroxyl groups is 1. The summed E-state index contributed by atoms with van der Waals surface area (Å²) in [6.07, 6.45) is -1.94. The molecule has 0 aliphatic carbocycles. The van der Waals surface area contributed by atoms with Gasteiger partial charge in [-0.2, -0.15) is 0 Å². The number of fused-ring (bicyclic) bond motifs is 1. The van der Waals surface area contributed by atoms with Gasteiger partial charge in [0.2, 0.25) is 5.79 Å². The largest absolute Gasteiger partial charge is 0.414 e. The molecule has 0 aromatic heterocycles. The van der Waals surface area contributed by atoms with E-state index in [1.165, 1.54) is 0 Å². The normalized spacial score (nSPS) is 33.2. The van der Waals surface area contributed by atoms with Crippen LogP contribution < -0.4 is 0 Å². The van der Waals surface area contributed by atoms with Crippen molar-refractivity contribution in [3.8, 4) is 0 Å². The van der Waals surface area contributed by atoms with Gasteiger partial charge in [0, 0.05) is 0 Å². The second-order valence-corrected chi connectivity index (χ2v) is 21.7. The maximum Gasteiger partial charge on any atom is 0.223 e. The predicted molar refractivity (Wildman–Crippen MR) is 120 cm³/mol. The lowest BCUT2D eigenvalue weighted by atomic mass is 10.1. The monoisotopic (exact) mass is 448 g/mol. The minimum atomic E-state index is -2.02. The summed E-state index contributed by atoms with van der Waals surface area (Å²) in [5.74, 6) is -1.95. The molecule has 8 heteroatoms. The van der Waals surface area contributed by atoms with E-state index in [9.17, 15) is 5.11 Å². The van der Waals surface area contributed by atoms with Crippen LogP contribution >= 0.6 is 0 Å². The summed E-state index contributed by atoms with van der Waals surface area (Å²) in [6.45, 7) is 26.2. The third-order valence-corrected chi connectivity index (χ3v) is 16.1. The Kier molecular flexibility index (Phi) is 6.72. The van der Waals surface area contributed by atoms with Crippen molar-refractivity contribution >= 4 is 16.6 Å². The average Bonchev–Trinajstić information content (AvgIpc) is 2.90. The molecule has 0 aromatic carbocycles. The zero-order valence-electron chi connectivity index (χ0n) is 20.6. The van der Waals surface area contributed by atoms with Crippen LogP contribution in [0.4, 0.5) is 0 Å². The van der Waals surface area contributed by atoms with Crippen molar-refractivity contribution in [2.75, 3.05) is 13.2 Å². The summed E-state index contributed by atoms with van der Waals surface area (Å²) in [5.41, 5.74) is 0. The van der Waals surface area contributed by atoms with Crippen LogP contribution in [0.5, 0.6) is 0 Å². The standard InChI is InChI=1S/C21H44O6Si2/c1-18(2,3)28(9,10)23-13-15-16(22)17-21(25-15,27-20(7,8)26-17)14-24-29(11,12)19(4,5)6/h15-17,22H,13-14H2,1-12H3/t15-,16+,17-,21-/m0/s1. The quantitative estimate of drug-likeness (QED) is 0.597. The highest BCUT2D eigenvalue weighted by molar-refractivity contribution is 6.74. The summed E-state index contributed by atoms with van der Waals surface area (Å²) in [5, 5.41) is 11.2. The molecule has 2 heterocycles. The van der Waals surface area contributed by atoms with Crippen LogP contribution in [0, 0.1) is 0 Å². The van der Waals surface area contributed by atoms with E-state index in [-0.39, 0.29) is 16.7 Å². The molecule has 2 saturated heterocycles. The predicted octanol–water partition coefficient (Wildman–Crippen LogP) is 4.64. The van der Waals surface area contributed by atoms with Gasteiger partial charge in [0.25, 0.3) is 0 Å². The first-order valence-electron chi connectivity index (χ1n) is 10.7. The Morgan fingerprint density at radius 1 is 0.862 bits per heavy atom. The number of hydrogen-bond donors (Lipinski definition) is 1. The molecule has 2 aliphatic heterocycles. The van der Waals surface area contributed by atoms with Crippen molar-refractivity contribution in [2.45, 2.75) is 122 Å². The van der Waals surface area contributed by atoms with Crippen LogP contribution in [-0.2, 0) is 23.1 Å². The fourth-order valence-corrected chi connectivity index (χ4v) is 5.13. The van der Waals surface area contributed by atoms with E-state index in [4.69, 9.17) is 23.1 Å². The maximum atomic E-state index is 11.0. The SMILES string of the molecule is CC1(C)O[C@H]2[C@H](O)[C@H](CO[Si](C)(C)C(C)(C)C)O[C@@]2(CO[Si](C)(C)C(C)(C)C)O1. The summed E-state index contributed by atoms with van der Waals surface area (Å²) in [4.78, 5) is 0. The van der Waals surface area contributed by atoms with Gasteiger partial charge < -0.3 is 28.2 Å². The molecule has 2 fully saturated rings. The maximum absolute atomic E-state index is 11.0. The van der Waals surface area contributed by atoms with Gasteiger partial charge >= 0.3 is 0 Å². The fourth-order valence-electron chi connectivity index (χ4n) is 3.12. The lowest BCUT2D eigenvalue weighted by molar-refractivity contribution is -0.274. The molecule has 0 amide bonds. The van der Waals surface area contributed by atoms with Crippen LogP contribution in [0.2, 0.25) is 36.3 Å². The second-order valence-electron chi connectivity index (χ2n) is 12.1. The molecule has 0 unspecified atom stereocenters. The first-order valence-corrected chi connectivity index (χ1v) is 16.6. The van der Waals surface area contributed by atoms with Crippen molar-refractivity contribution in [1.29, 1.82) is 0 Å². The van der Waals surface area contributed by atoms with Crippen LogP contribution in [-0.4, -0.2) is 64.8 Å². The van der Waals surface area contributed by atoms with Crippen LogP contribution in [0.25, 0.3) is 0 Å². The van der Waals surface area contributed by atoms with E-state index < -0.39 is 46.5 Å². The summed E-state index contributed by atoms with van der Waals surface area (Å²) >= 11 is 0. The average molecular weight is 449 g/mol. The Balaban J connectivity index is 2.17. The van der Waals surface area contributed by atoms with Gasteiger partial charge in [-0.05, 0) is 50.1 Å². The third-order valence-electron chi connectivity index (χ3n) is 7.16. The van der Waals surface area contributed by atoms with Crippen molar-refractivity contribution < 1.29 is 28.2 Å². The van der Waals surface area contributed by atoms with Crippen LogP contribution in [0.15, 0.2) is 0 Å². The topological polar surface area (TPSA) is 66.4 Å². The molecule has 0 saturated carbocycles. The molecule has 0 bridgehead atoms. The van der Waals surface area contributed by atoms with E-state index >= 15 is 0 Å². The number of rotatable bonds is 6. The lowest BCUT2D eigenvalue weighted by Crippen LogP contribution is -2.50. The molecule has 6 nitrogen and oxygen atoms in total. The first kappa shape index (κ1) is 25.5. The van der Waals surface area contributed by atoms with Crippen molar-refractivity contribution in [3.63, 3.8) is 0 Å². The molecule has 0 spiro atoms. The van der Waals surface area contributed by atoms with Gasteiger partial charge in [0.1, 0.15) is 18.3 Å². The molecule has 1 N–H and O–H groups in total. The van der Waals surface area contributed by atoms with Crippen LogP contribution in [0.3, 0.4) is 0 Å². The Morgan fingerprint density at radius 3 is 1.83 bits per heavy atom. The van der Waals surface area contributed by atoms with E-state index in [1.54, 1.807) is 0 Å². The van der Waals surface area contributed by atoms with Gasteiger partial charge in [-0.15, -0.1) is 0 Å². The highest BCUT2D eigenvalue weighted by atomic mass is 28.4. The number of aliphatic hydroxyl groups excluding tert-OH is 1. The molecule has 2 rings (SSSR count). The minimum Gasteiger partial charge on any atom is -0.414 e. The van der Waals surface area contributed by atoms with Crippen molar-refractivity contribution in [1.82, 2.24) is 0 Å².